The van der Waals surface area contributed by atoms with Gasteiger partial charge in [0.1, 0.15) is 0 Å². The van der Waals surface area contributed by atoms with Crippen LogP contribution in [0.15, 0.2) is 49.2 Å². The summed E-state index contributed by atoms with van der Waals surface area (Å²) in [6.45, 7) is 8.70. The fourth-order valence-corrected chi connectivity index (χ4v) is 4.16. The van der Waals surface area contributed by atoms with Gasteiger partial charge in [0.15, 0.2) is 0 Å². The van der Waals surface area contributed by atoms with Crippen LogP contribution in [-0.2, 0) is 13.1 Å². The fourth-order valence-electron chi connectivity index (χ4n) is 4.16. The topological polar surface area (TPSA) is 38.9 Å². The minimum Gasteiger partial charge on any atom is -0.330 e. The van der Waals surface area contributed by atoms with Crippen LogP contribution in [0, 0.1) is 5.41 Å². The highest BCUT2D eigenvalue weighted by Gasteiger charge is 2.33. The number of aromatic nitrogens is 4. The monoisotopic (exact) mass is 349 g/mol. The standard InChI is InChI=1S/C21H27N5/c1-4-25-15-22-12-18(25)20-19(17-8-6-5-7-9-17)23-16-26(20)14-21(2)10-11-24(3)13-21/h5-9,12,15-16H,4,10-11,13-14H2,1-3H3/t21-/m1/s1. The number of likely N-dealkylation sites (tertiary alicyclic amines) is 1. The third-order valence-corrected chi connectivity index (χ3v) is 5.48. The van der Waals surface area contributed by atoms with E-state index in [2.05, 4.69) is 64.2 Å². The molecule has 26 heavy (non-hydrogen) atoms. The average molecular weight is 349 g/mol. The highest BCUT2D eigenvalue weighted by Crippen LogP contribution is 2.36. The van der Waals surface area contributed by atoms with Gasteiger partial charge in [-0.3, -0.25) is 0 Å². The van der Waals surface area contributed by atoms with Gasteiger partial charge in [-0.1, -0.05) is 37.3 Å². The van der Waals surface area contributed by atoms with Gasteiger partial charge < -0.3 is 14.0 Å². The summed E-state index contributed by atoms with van der Waals surface area (Å²) in [5.74, 6) is 0. The predicted molar refractivity (Wildman–Crippen MR) is 105 cm³/mol. The summed E-state index contributed by atoms with van der Waals surface area (Å²) in [5.41, 5.74) is 4.77. The van der Waals surface area contributed by atoms with E-state index in [4.69, 9.17) is 4.98 Å². The van der Waals surface area contributed by atoms with E-state index in [1.54, 1.807) is 0 Å². The van der Waals surface area contributed by atoms with Crippen LogP contribution >= 0.6 is 0 Å². The van der Waals surface area contributed by atoms with E-state index >= 15 is 0 Å². The lowest BCUT2D eigenvalue weighted by atomic mass is 9.89. The quantitative estimate of drug-likeness (QED) is 0.704. The maximum atomic E-state index is 4.82. The van der Waals surface area contributed by atoms with Crippen molar-refractivity contribution < 1.29 is 0 Å². The van der Waals surface area contributed by atoms with Gasteiger partial charge in [0.25, 0.3) is 0 Å². The molecule has 1 atom stereocenters. The van der Waals surface area contributed by atoms with Gasteiger partial charge in [-0.05, 0) is 32.4 Å². The molecule has 1 aliphatic heterocycles. The number of benzene rings is 1. The van der Waals surface area contributed by atoms with Crippen LogP contribution in [-0.4, -0.2) is 44.1 Å². The Morgan fingerprint density at radius 2 is 1.92 bits per heavy atom. The summed E-state index contributed by atoms with van der Waals surface area (Å²) in [4.78, 5) is 11.6. The molecule has 136 valence electrons. The molecule has 2 aromatic heterocycles. The van der Waals surface area contributed by atoms with Crippen molar-refractivity contribution in [3.8, 4) is 22.6 Å². The number of hydrogen-bond donors (Lipinski definition) is 0. The van der Waals surface area contributed by atoms with E-state index in [1.165, 1.54) is 18.7 Å². The van der Waals surface area contributed by atoms with Crippen molar-refractivity contribution in [2.24, 2.45) is 5.41 Å². The summed E-state index contributed by atoms with van der Waals surface area (Å²) in [7, 11) is 2.21. The Morgan fingerprint density at radius 1 is 1.12 bits per heavy atom. The first kappa shape index (κ1) is 17.0. The number of nitrogens with zero attached hydrogens (tertiary/aromatic N) is 5. The van der Waals surface area contributed by atoms with Crippen LogP contribution in [0.5, 0.6) is 0 Å². The van der Waals surface area contributed by atoms with E-state index in [0.29, 0.717) is 0 Å². The molecule has 0 aliphatic carbocycles. The molecule has 1 aliphatic rings. The van der Waals surface area contributed by atoms with Crippen molar-refractivity contribution in [2.45, 2.75) is 33.4 Å². The van der Waals surface area contributed by atoms with Crippen LogP contribution in [0.3, 0.4) is 0 Å². The van der Waals surface area contributed by atoms with Crippen LogP contribution in [0.2, 0.25) is 0 Å². The highest BCUT2D eigenvalue weighted by molar-refractivity contribution is 5.76. The second-order valence-corrected chi connectivity index (χ2v) is 7.80. The average Bonchev–Trinajstić information content (AvgIpc) is 3.34. The second kappa shape index (κ2) is 6.72. The van der Waals surface area contributed by atoms with Crippen molar-refractivity contribution in [1.29, 1.82) is 0 Å². The van der Waals surface area contributed by atoms with Crippen molar-refractivity contribution in [3.63, 3.8) is 0 Å². The molecule has 0 N–H and O–H groups in total. The van der Waals surface area contributed by atoms with Gasteiger partial charge in [0.2, 0.25) is 0 Å². The number of imidazole rings is 2. The zero-order valence-corrected chi connectivity index (χ0v) is 15.9. The number of aryl methyl sites for hydroxylation is 1. The normalized spacial score (nSPS) is 20.7. The van der Waals surface area contributed by atoms with Crippen LogP contribution in [0.4, 0.5) is 0 Å². The number of hydrogen-bond acceptors (Lipinski definition) is 3. The van der Waals surface area contributed by atoms with Crippen LogP contribution < -0.4 is 0 Å². The molecular weight excluding hydrogens is 322 g/mol. The molecule has 3 heterocycles. The third kappa shape index (κ3) is 3.07. The number of rotatable bonds is 5. The molecule has 1 saturated heterocycles. The molecule has 0 radical (unpaired) electrons. The lowest BCUT2D eigenvalue weighted by Gasteiger charge is -2.25. The maximum absolute atomic E-state index is 4.82. The Hall–Kier alpha value is -2.40. The summed E-state index contributed by atoms with van der Waals surface area (Å²) in [6, 6.07) is 10.5. The Bertz CT molecular complexity index is 879. The van der Waals surface area contributed by atoms with Gasteiger partial charge in [-0.25, -0.2) is 9.97 Å². The van der Waals surface area contributed by atoms with E-state index in [0.717, 1.165) is 36.6 Å². The Balaban J connectivity index is 1.81. The molecular formula is C21H27N5. The molecule has 3 aromatic rings. The van der Waals surface area contributed by atoms with E-state index in [-0.39, 0.29) is 5.41 Å². The smallest absolute Gasteiger partial charge is 0.0979 e. The minimum absolute atomic E-state index is 0.273. The van der Waals surface area contributed by atoms with Gasteiger partial charge >= 0.3 is 0 Å². The van der Waals surface area contributed by atoms with E-state index < -0.39 is 0 Å². The minimum atomic E-state index is 0.273. The molecule has 0 saturated carbocycles. The van der Waals surface area contributed by atoms with Crippen molar-refractivity contribution >= 4 is 0 Å². The predicted octanol–water partition coefficient (Wildman–Crippen LogP) is 3.78. The van der Waals surface area contributed by atoms with Crippen LogP contribution in [0.25, 0.3) is 22.6 Å². The Morgan fingerprint density at radius 3 is 2.62 bits per heavy atom. The molecule has 4 rings (SSSR count). The Kier molecular flexibility index (Phi) is 4.41. The molecule has 0 bridgehead atoms. The zero-order chi connectivity index (χ0) is 18.1. The van der Waals surface area contributed by atoms with Crippen molar-refractivity contribution in [1.82, 2.24) is 24.0 Å². The molecule has 1 aromatic carbocycles. The van der Waals surface area contributed by atoms with Crippen molar-refractivity contribution in [3.05, 3.63) is 49.2 Å². The highest BCUT2D eigenvalue weighted by atomic mass is 15.2. The largest absolute Gasteiger partial charge is 0.330 e. The van der Waals surface area contributed by atoms with E-state index in [1.807, 2.05) is 24.9 Å². The lowest BCUT2D eigenvalue weighted by Crippen LogP contribution is -2.27. The van der Waals surface area contributed by atoms with Crippen molar-refractivity contribution in [2.75, 3.05) is 20.1 Å². The first-order chi connectivity index (χ1) is 12.6. The fraction of sp³-hybridized carbons (Fsp3) is 0.429. The summed E-state index contributed by atoms with van der Waals surface area (Å²) in [6.07, 6.45) is 7.10. The van der Waals surface area contributed by atoms with Gasteiger partial charge in [-0.2, -0.15) is 0 Å². The molecule has 0 amide bonds. The molecule has 1 fully saturated rings. The third-order valence-electron chi connectivity index (χ3n) is 5.48. The van der Waals surface area contributed by atoms with Gasteiger partial charge in [0, 0.05) is 25.2 Å². The first-order valence-electron chi connectivity index (χ1n) is 9.39. The van der Waals surface area contributed by atoms with Gasteiger partial charge in [-0.15, -0.1) is 0 Å². The molecule has 5 heteroatoms. The first-order valence-corrected chi connectivity index (χ1v) is 9.39. The van der Waals surface area contributed by atoms with Crippen LogP contribution in [0.1, 0.15) is 20.3 Å². The second-order valence-electron chi connectivity index (χ2n) is 7.80. The molecule has 0 spiro atoms. The maximum Gasteiger partial charge on any atom is 0.0979 e. The molecule has 0 unspecified atom stereocenters. The summed E-state index contributed by atoms with van der Waals surface area (Å²) >= 11 is 0. The summed E-state index contributed by atoms with van der Waals surface area (Å²) < 4.78 is 4.54. The van der Waals surface area contributed by atoms with Gasteiger partial charge in [0.05, 0.1) is 35.9 Å². The lowest BCUT2D eigenvalue weighted by molar-refractivity contribution is 0.270. The molecule has 5 nitrogen and oxygen atoms in total. The van der Waals surface area contributed by atoms with E-state index in [9.17, 15) is 0 Å². The summed E-state index contributed by atoms with van der Waals surface area (Å²) in [5, 5.41) is 0. The zero-order valence-electron chi connectivity index (χ0n) is 15.9. The Labute approximate surface area is 155 Å². The SMILES string of the molecule is CCn1cncc1-c1c(-c2ccccc2)ncn1C[C@]1(C)CCN(C)C1.